The predicted molar refractivity (Wildman–Crippen MR) is 93.3 cm³/mol. The molecule has 0 spiro atoms. The van der Waals surface area contributed by atoms with Crippen LogP contribution in [-0.4, -0.2) is 12.8 Å². The molecule has 1 aliphatic carbocycles. The Hall–Kier alpha value is -1.42. The van der Waals surface area contributed by atoms with Gasteiger partial charge in [-0.25, -0.2) is 0 Å². The number of hydrogen-bond donors (Lipinski definition) is 1. The molecule has 1 aromatic heterocycles. The van der Waals surface area contributed by atoms with Crippen LogP contribution >= 0.6 is 22.9 Å². The second-order valence-corrected chi connectivity index (χ2v) is 6.89. The van der Waals surface area contributed by atoms with Crippen molar-refractivity contribution in [3.8, 4) is 0 Å². The van der Waals surface area contributed by atoms with E-state index in [0.29, 0.717) is 5.02 Å². The van der Waals surface area contributed by atoms with Crippen molar-refractivity contribution in [2.45, 2.75) is 24.8 Å². The number of likely N-dealkylation sites (N-methyl/N-ethyl adjacent to an activating group) is 1. The Morgan fingerprint density at radius 2 is 2.09 bits per heavy atom. The molecule has 0 unspecified atom stereocenters. The summed E-state index contributed by atoms with van der Waals surface area (Å²) >= 11 is 8.02. The van der Waals surface area contributed by atoms with Crippen LogP contribution in [0.1, 0.15) is 29.7 Å². The summed E-state index contributed by atoms with van der Waals surface area (Å²) in [4.78, 5) is 14.3. The fraction of sp³-hybridized carbons (Fsp3) is 0.278. The second-order valence-electron chi connectivity index (χ2n) is 5.50. The van der Waals surface area contributed by atoms with Crippen molar-refractivity contribution in [3.63, 3.8) is 0 Å². The largest absolute Gasteiger partial charge is 0.304 e. The molecule has 1 N–H and O–H groups in total. The molecule has 3 rings (SSSR count). The molecule has 1 aliphatic rings. The van der Waals surface area contributed by atoms with Gasteiger partial charge in [-0.2, -0.15) is 0 Å². The van der Waals surface area contributed by atoms with Crippen molar-refractivity contribution in [2.75, 3.05) is 7.05 Å². The molecule has 0 radical (unpaired) electrons. The van der Waals surface area contributed by atoms with E-state index in [-0.39, 0.29) is 5.78 Å². The van der Waals surface area contributed by atoms with Crippen LogP contribution in [0.5, 0.6) is 0 Å². The van der Waals surface area contributed by atoms with E-state index in [2.05, 4.69) is 5.32 Å². The minimum Gasteiger partial charge on any atom is -0.304 e. The summed E-state index contributed by atoms with van der Waals surface area (Å²) in [5.41, 5.74) is 1.04. The summed E-state index contributed by atoms with van der Waals surface area (Å²) in [6, 6.07) is 11.7. The van der Waals surface area contributed by atoms with E-state index in [9.17, 15) is 4.79 Å². The number of carbonyl (C=O) groups excluding carboxylic acids is 1. The lowest BCUT2D eigenvalue weighted by Gasteiger charge is -2.37. The Bertz CT molecular complexity index is 708. The summed E-state index contributed by atoms with van der Waals surface area (Å²) in [7, 11) is 1.84. The van der Waals surface area contributed by atoms with Crippen molar-refractivity contribution in [3.05, 3.63) is 62.8 Å². The van der Waals surface area contributed by atoms with Gasteiger partial charge in [-0.15, -0.1) is 11.3 Å². The molecule has 1 fully saturated rings. The lowest BCUT2D eigenvalue weighted by Crippen LogP contribution is -2.50. The summed E-state index contributed by atoms with van der Waals surface area (Å²) in [6.45, 7) is 0. The highest BCUT2D eigenvalue weighted by molar-refractivity contribution is 7.10. The third-order valence-corrected chi connectivity index (χ3v) is 5.45. The van der Waals surface area contributed by atoms with Crippen LogP contribution in [0.2, 0.25) is 5.02 Å². The molecule has 0 bridgehead atoms. The van der Waals surface area contributed by atoms with Gasteiger partial charge in [-0.05, 0) is 61.0 Å². The molecule has 1 aromatic carbocycles. The maximum absolute atomic E-state index is 13.2. The summed E-state index contributed by atoms with van der Waals surface area (Å²) in [5.74, 6) is 0.141. The van der Waals surface area contributed by atoms with E-state index in [0.717, 1.165) is 35.3 Å². The smallest absolute Gasteiger partial charge is 0.183 e. The summed E-state index contributed by atoms with van der Waals surface area (Å²) < 4.78 is 0. The zero-order valence-electron chi connectivity index (χ0n) is 12.4. The van der Waals surface area contributed by atoms with Crippen LogP contribution in [0.25, 0.3) is 6.08 Å². The number of ketones is 1. The first-order chi connectivity index (χ1) is 10.7. The molecule has 0 aliphatic heterocycles. The van der Waals surface area contributed by atoms with Crippen LogP contribution in [-0.2, 0) is 10.3 Å². The maximum atomic E-state index is 13.2. The Labute approximate surface area is 139 Å². The van der Waals surface area contributed by atoms with Crippen LogP contribution < -0.4 is 5.32 Å². The molecule has 1 atom stereocenters. The number of Topliss-reactive ketones (excluding diaryl/α,β-unsaturated/α-hetero) is 1. The van der Waals surface area contributed by atoms with Gasteiger partial charge >= 0.3 is 0 Å². The molecule has 1 saturated carbocycles. The zero-order valence-corrected chi connectivity index (χ0v) is 14.0. The molecule has 114 valence electrons. The van der Waals surface area contributed by atoms with Crippen LogP contribution in [0.4, 0.5) is 0 Å². The SMILES string of the molecule is CN[C@]1(c2ccccc2Cl)CCC/C(=C\c2cccs2)C1=O. The molecular weight excluding hydrogens is 314 g/mol. The molecule has 0 amide bonds. The highest BCUT2D eigenvalue weighted by atomic mass is 35.5. The average Bonchev–Trinajstić information content (AvgIpc) is 3.04. The Morgan fingerprint density at radius 1 is 1.27 bits per heavy atom. The second kappa shape index (κ2) is 6.37. The maximum Gasteiger partial charge on any atom is 0.183 e. The Balaban J connectivity index is 2.05. The monoisotopic (exact) mass is 331 g/mol. The van der Waals surface area contributed by atoms with Gasteiger partial charge < -0.3 is 5.32 Å². The third kappa shape index (κ3) is 2.65. The minimum absolute atomic E-state index is 0.141. The van der Waals surface area contributed by atoms with E-state index in [1.165, 1.54) is 0 Å². The standard InChI is InChI=1S/C18H18ClNOS/c1-20-18(15-8-2-3-9-16(15)19)10-4-6-13(17(18)21)12-14-7-5-11-22-14/h2-3,5,7-9,11-12,20H,4,6,10H2,1H3/b13-12+/t18-/m0/s1. The van der Waals surface area contributed by atoms with Gasteiger partial charge in [-0.3, -0.25) is 4.79 Å². The molecule has 2 aromatic rings. The van der Waals surface area contributed by atoms with E-state index in [1.54, 1.807) is 11.3 Å². The molecular formula is C18H18ClNOS. The fourth-order valence-electron chi connectivity index (χ4n) is 3.17. The topological polar surface area (TPSA) is 29.1 Å². The highest BCUT2D eigenvalue weighted by Gasteiger charge is 2.43. The van der Waals surface area contributed by atoms with Crippen molar-refractivity contribution in [2.24, 2.45) is 0 Å². The number of hydrogen-bond acceptors (Lipinski definition) is 3. The molecule has 4 heteroatoms. The van der Waals surface area contributed by atoms with Gasteiger partial charge in [0.25, 0.3) is 0 Å². The number of thiophene rings is 1. The molecule has 1 heterocycles. The molecule has 2 nitrogen and oxygen atoms in total. The number of nitrogens with one attached hydrogen (secondary N) is 1. The van der Waals surface area contributed by atoms with E-state index in [4.69, 9.17) is 11.6 Å². The molecule has 0 saturated heterocycles. The number of benzene rings is 1. The zero-order chi connectivity index (χ0) is 15.6. The first-order valence-corrected chi connectivity index (χ1v) is 8.66. The van der Waals surface area contributed by atoms with Crippen LogP contribution in [0.15, 0.2) is 47.4 Å². The number of rotatable bonds is 3. The van der Waals surface area contributed by atoms with Crippen molar-refractivity contribution in [1.82, 2.24) is 5.32 Å². The summed E-state index contributed by atoms with van der Waals surface area (Å²) in [6.07, 6.45) is 4.59. The summed E-state index contributed by atoms with van der Waals surface area (Å²) in [5, 5.41) is 5.93. The van der Waals surface area contributed by atoms with Gasteiger partial charge in [0.15, 0.2) is 5.78 Å². The van der Waals surface area contributed by atoms with Gasteiger partial charge in [0, 0.05) is 9.90 Å². The lowest BCUT2D eigenvalue weighted by atomic mass is 9.73. The van der Waals surface area contributed by atoms with E-state index < -0.39 is 5.54 Å². The van der Waals surface area contributed by atoms with Crippen LogP contribution in [0.3, 0.4) is 0 Å². The Morgan fingerprint density at radius 3 is 2.77 bits per heavy atom. The molecule has 22 heavy (non-hydrogen) atoms. The van der Waals surface area contributed by atoms with Crippen molar-refractivity contribution >= 4 is 34.8 Å². The number of carbonyl (C=O) groups is 1. The lowest BCUT2D eigenvalue weighted by molar-refractivity contribution is -0.123. The first kappa shape index (κ1) is 15.5. The normalized spacial score (nSPS) is 23.9. The van der Waals surface area contributed by atoms with Crippen LogP contribution in [0, 0.1) is 0 Å². The third-order valence-electron chi connectivity index (χ3n) is 4.30. The van der Waals surface area contributed by atoms with Gasteiger partial charge in [0.05, 0.1) is 0 Å². The van der Waals surface area contributed by atoms with E-state index >= 15 is 0 Å². The first-order valence-electron chi connectivity index (χ1n) is 7.40. The van der Waals surface area contributed by atoms with Gasteiger partial charge in [-0.1, -0.05) is 35.9 Å². The number of halogens is 1. The fourth-order valence-corrected chi connectivity index (χ4v) is 4.14. The van der Waals surface area contributed by atoms with Gasteiger partial charge in [0.2, 0.25) is 0 Å². The van der Waals surface area contributed by atoms with Gasteiger partial charge in [0.1, 0.15) is 5.54 Å². The predicted octanol–water partition coefficient (Wildman–Crippen LogP) is 4.65. The van der Waals surface area contributed by atoms with E-state index in [1.807, 2.05) is 54.9 Å². The quantitative estimate of drug-likeness (QED) is 0.829. The Kier molecular flexibility index (Phi) is 4.48. The van der Waals surface area contributed by atoms with Crippen molar-refractivity contribution < 1.29 is 4.79 Å². The highest BCUT2D eigenvalue weighted by Crippen LogP contribution is 2.40. The average molecular weight is 332 g/mol. The minimum atomic E-state index is -0.709. The van der Waals surface area contributed by atoms with Crippen molar-refractivity contribution in [1.29, 1.82) is 0 Å².